The smallest absolute Gasteiger partial charge is 0.0717 e. The van der Waals surface area contributed by atoms with Crippen LogP contribution in [-0.2, 0) is 17.9 Å². The van der Waals surface area contributed by atoms with Crippen LogP contribution in [0, 0.1) is 5.92 Å². The lowest BCUT2D eigenvalue weighted by atomic mass is 10.1. The molecule has 0 saturated heterocycles. The first-order chi connectivity index (χ1) is 8.72. The van der Waals surface area contributed by atoms with Crippen LogP contribution in [0.3, 0.4) is 0 Å². The zero-order valence-electron chi connectivity index (χ0n) is 11.6. The van der Waals surface area contributed by atoms with E-state index in [-0.39, 0.29) is 0 Å². The second-order valence-corrected chi connectivity index (χ2v) is 4.97. The maximum absolute atomic E-state index is 5.57. The van der Waals surface area contributed by atoms with Gasteiger partial charge in [-0.15, -0.1) is 6.58 Å². The summed E-state index contributed by atoms with van der Waals surface area (Å²) in [6.07, 6.45) is 2.79. The summed E-state index contributed by atoms with van der Waals surface area (Å²) in [7, 11) is 0. The third kappa shape index (κ3) is 6.58. The number of benzene rings is 1. The van der Waals surface area contributed by atoms with Crippen molar-refractivity contribution in [1.82, 2.24) is 5.32 Å². The molecule has 0 amide bonds. The summed E-state index contributed by atoms with van der Waals surface area (Å²) >= 11 is 0. The van der Waals surface area contributed by atoms with Crippen molar-refractivity contribution in [1.29, 1.82) is 0 Å². The van der Waals surface area contributed by atoms with E-state index in [1.807, 2.05) is 6.08 Å². The first kappa shape index (κ1) is 14.9. The van der Waals surface area contributed by atoms with Gasteiger partial charge >= 0.3 is 0 Å². The van der Waals surface area contributed by atoms with E-state index in [1.165, 1.54) is 11.1 Å². The van der Waals surface area contributed by atoms with Gasteiger partial charge in [0, 0.05) is 6.54 Å². The van der Waals surface area contributed by atoms with Crippen molar-refractivity contribution in [3.63, 3.8) is 0 Å². The van der Waals surface area contributed by atoms with Crippen molar-refractivity contribution in [3.05, 3.63) is 48.0 Å². The molecule has 0 bridgehead atoms. The number of hydrogen-bond acceptors (Lipinski definition) is 2. The predicted octanol–water partition coefficient (Wildman–Crippen LogP) is 3.52. The summed E-state index contributed by atoms with van der Waals surface area (Å²) in [5.41, 5.74) is 2.56. The molecule has 0 spiro atoms. The van der Waals surface area contributed by atoms with Crippen LogP contribution in [0.15, 0.2) is 36.9 Å². The molecule has 0 aromatic heterocycles. The molecule has 0 aliphatic rings. The molecule has 0 unspecified atom stereocenters. The van der Waals surface area contributed by atoms with Crippen molar-refractivity contribution in [3.8, 4) is 0 Å². The first-order valence-corrected chi connectivity index (χ1v) is 6.69. The second kappa shape index (κ2) is 8.90. The van der Waals surface area contributed by atoms with Crippen molar-refractivity contribution >= 4 is 0 Å². The van der Waals surface area contributed by atoms with Gasteiger partial charge in [0.25, 0.3) is 0 Å². The van der Waals surface area contributed by atoms with Gasteiger partial charge in [-0.3, -0.25) is 0 Å². The van der Waals surface area contributed by atoms with Crippen LogP contribution >= 0.6 is 0 Å². The number of hydrogen-bond donors (Lipinski definition) is 1. The molecule has 1 N–H and O–H groups in total. The standard InChI is InChI=1S/C16H25NO/c1-4-5-9-18-13-16-8-6-7-15(10-16)12-17-11-14(2)3/h4,6-8,10,14,17H,1,5,9,11-13H2,2-3H3. The van der Waals surface area contributed by atoms with E-state index in [4.69, 9.17) is 4.74 Å². The van der Waals surface area contributed by atoms with Gasteiger partial charge < -0.3 is 10.1 Å². The van der Waals surface area contributed by atoms with Gasteiger partial charge in [-0.25, -0.2) is 0 Å². The zero-order valence-corrected chi connectivity index (χ0v) is 11.6. The van der Waals surface area contributed by atoms with E-state index in [9.17, 15) is 0 Å². The van der Waals surface area contributed by atoms with Crippen LogP contribution in [0.25, 0.3) is 0 Å². The SMILES string of the molecule is C=CCCOCc1cccc(CNCC(C)C)c1. The molecule has 1 aromatic rings. The fourth-order valence-electron chi connectivity index (χ4n) is 1.69. The first-order valence-electron chi connectivity index (χ1n) is 6.69. The highest BCUT2D eigenvalue weighted by molar-refractivity contribution is 5.22. The Morgan fingerprint density at radius 1 is 1.33 bits per heavy atom. The summed E-state index contributed by atoms with van der Waals surface area (Å²) < 4.78 is 5.57. The van der Waals surface area contributed by atoms with E-state index in [1.54, 1.807) is 0 Å². The maximum Gasteiger partial charge on any atom is 0.0717 e. The number of ether oxygens (including phenoxy) is 1. The minimum Gasteiger partial charge on any atom is -0.376 e. The Balaban J connectivity index is 2.34. The molecule has 0 aliphatic heterocycles. The van der Waals surface area contributed by atoms with Gasteiger partial charge in [-0.2, -0.15) is 0 Å². The Morgan fingerprint density at radius 2 is 2.11 bits per heavy atom. The summed E-state index contributed by atoms with van der Waals surface area (Å²) in [5.74, 6) is 0.690. The highest BCUT2D eigenvalue weighted by Crippen LogP contribution is 2.07. The summed E-state index contributed by atoms with van der Waals surface area (Å²) in [6.45, 7) is 11.5. The summed E-state index contributed by atoms with van der Waals surface area (Å²) in [5, 5.41) is 3.45. The quantitative estimate of drug-likeness (QED) is 0.532. The predicted molar refractivity (Wildman–Crippen MR) is 77.5 cm³/mol. The molecule has 0 atom stereocenters. The maximum atomic E-state index is 5.57. The molecule has 1 rings (SSSR count). The number of rotatable bonds is 9. The Kier molecular flexibility index (Phi) is 7.38. The molecule has 2 heteroatoms. The third-order valence-corrected chi connectivity index (χ3v) is 2.61. The van der Waals surface area contributed by atoms with Crippen molar-refractivity contribution < 1.29 is 4.74 Å². The average molecular weight is 247 g/mol. The lowest BCUT2D eigenvalue weighted by molar-refractivity contribution is 0.125. The molecule has 100 valence electrons. The molecule has 0 saturated carbocycles. The van der Waals surface area contributed by atoms with Crippen LogP contribution < -0.4 is 5.32 Å². The summed E-state index contributed by atoms with van der Waals surface area (Å²) in [4.78, 5) is 0. The Hall–Kier alpha value is -1.12. The van der Waals surface area contributed by atoms with Crippen LogP contribution in [0.5, 0.6) is 0 Å². The van der Waals surface area contributed by atoms with Crippen LogP contribution in [-0.4, -0.2) is 13.2 Å². The molecule has 0 aliphatic carbocycles. The zero-order chi connectivity index (χ0) is 13.2. The normalized spacial score (nSPS) is 10.8. The van der Waals surface area contributed by atoms with Gasteiger partial charge in [-0.1, -0.05) is 44.2 Å². The van der Waals surface area contributed by atoms with E-state index in [2.05, 4.69) is 50.0 Å². The minimum atomic E-state index is 0.686. The average Bonchev–Trinajstić information content (AvgIpc) is 2.35. The topological polar surface area (TPSA) is 21.3 Å². The highest BCUT2D eigenvalue weighted by atomic mass is 16.5. The lowest BCUT2D eigenvalue weighted by Crippen LogP contribution is -2.18. The molecular formula is C16H25NO. The van der Waals surface area contributed by atoms with Gasteiger partial charge in [-0.05, 0) is 30.0 Å². The molecule has 0 heterocycles. The van der Waals surface area contributed by atoms with E-state index in [0.29, 0.717) is 12.5 Å². The summed E-state index contributed by atoms with van der Waals surface area (Å²) in [6, 6.07) is 8.57. The molecule has 2 nitrogen and oxygen atoms in total. The monoisotopic (exact) mass is 247 g/mol. The van der Waals surface area contributed by atoms with Gasteiger partial charge in [0.2, 0.25) is 0 Å². The fraction of sp³-hybridized carbons (Fsp3) is 0.500. The Morgan fingerprint density at radius 3 is 2.83 bits per heavy atom. The molecule has 0 radical (unpaired) electrons. The van der Waals surface area contributed by atoms with Crippen molar-refractivity contribution in [2.75, 3.05) is 13.2 Å². The van der Waals surface area contributed by atoms with E-state index < -0.39 is 0 Å². The van der Waals surface area contributed by atoms with Crippen molar-refractivity contribution in [2.45, 2.75) is 33.4 Å². The number of nitrogens with one attached hydrogen (secondary N) is 1. The van der Waals surface area contributed by atoms with Gasteiger partial charge in [0.05, 0.1) is 13.2 Å². The van der Waals surface area contributed by atoms with Gasteiger partial charge in [0.15, 0.2) is 0 Å². The fourth-order valence-corrected chi connectivity index (χ4v) is 1.69. The Labute approximate surface area is 111 Å². The van der Waals surface area contributed by atoms with E-state index in [0.717, 1.165) is 26.1 Å². The van der Waals surface area contributed by atoms with Gasteiger partial charge in [0.1, 0.15) is 0 Å². The minimum absolute atomic E-state index is 0.686. The molecule has 0 fully saturated rings. The third-order valence-electron chi connectivity index (χ3n) is 2.61. The largest absolute Gasteiger partial charge is 0.376 e. The van der Waals surface area contributed by atoms with Crippen molar-refractivity contribution in [2.24, 2.45) is 5.92 Å². The molecule has 1 aromatic carbocycles. The van der Waals surface area contributed by atoms with Crippen LogP contribution in [0.2, 0.25) is 0 Å². The highest BCUT2D eigenvalue weighted by Gasteiger charge is 1.98. The van der Waals surface area contributed by atoms with Crippen LogP contribution in [0.1, 0.15) is 31.4 Å². The second-order valence-electron chi connectivity index (χ2n) is 4.97. The van der Waals surface area contributed by atoms with E-state index >= 15 is 0 Å². The Bertz CT molecular complexity index is 347. The molecule has 18 heavy (non-hydrogen) atoms. The molecular weight excluding hydrogens is 222 g/mol. The lowest BCUT2D eigenvalue weighted by Gasteiger charge is -2.09. The van der Waals surface area contributed by atoms with Crippen LogP contribution in [0.4, 0.5) is 0 Å².